The fourth-order valence-electron chi connectivity index (χ4n) is 3.25. The van der Waals surface area contributed by atoms with E-state index in [1.807, 2.05) is 0 Å². The summed E-state index contributed by atoms with van der Waals surface area (Å²) < 4.78 is 0. The number of hydrogen-bond acceptors (Lipinski definition) is 0. The summed E-state index contributed by atoms with van der Waals surface area (Å²) in [6.45, 7) is 6.83. The number of hydrogen-bond donors (Lipinski definition) is 0. The molecule has 3 aromatic rings. The van der Waals surface area contributed by atoms with E-state index in [0.29, 0.717) is 5.92 Å². The second-order valence-corrected chi connectivity index (χ2v) is 6.64. The molecule has 0 aliphatic carbocycles. The zero-order valence-electron chi connectivity index (χ0n) is 14.2. The Labute approximate surface area is 139 Å². The zero-order chi connectivity index (χ0) is 16.3. The highest BCUT2D eigenvalue weighted by Crippen LogP contribution is 2.39. The van der Waals surface area contributed by atoms with Gasteiger partial charge in [0.05, 0.1) is 0 Å². The van der Waals surface area contributed by atoms with E-state index in [-0.39, 0.29) is 5.41 Å². The molecule has 0 radical (unpaired) electrons. The SMILES string of the molecule is CC(C)c1cccc(C(C)(c2ccccc2)c2ccccc2)c1. The van der Waals surface area contributed by atoms with E-state index in [1.165, 1.54) is 22.3 Å². The first-order chi connectivity index (χ1) is 11.1. The van der Waals surface area contributed by atoms with Gasteiger partial charge in [-0.15, -0.1) is 0 Å². The fourth-order valence-corrected chi connectivity index (χ4v) is 3.25. The smallest absolute Gasteiger partial charge is 0.0423 e. The minimum Gasteiger partial charge on any atom is -0.0622 e. The molecule has 23 heavy (non-hydrogen) atoms. The van der Waals surface area contributed by atoms with Gasteiger partial charge in [0.1, 0.15) is 0 Å². The molecular weight excluding hydrogens is 276 g/mol. The summed E-state index contributed by atoms with van der Waals surface area (Å²) in [6.07, 6.45) is 0. The lowest BCUT2D eigenvalue weighted by Crippen LogP contribution is -2.25. The molecule has 116 valence electrons. The lowest BCUT2D eigenvalue weighted by Gasteiger charge is -2.32. The van der Waals surface area contributed by atoms with Crippen molar-refractivity contribution in [1.29, 1.82) is 0 Å². The molecule has 0 fully saturated rings. The van der Waals surface area contributed by atoms with Crippen LogP contribution >= 0.6 is 0 Å². The Kier molecular flexibility index (Phi) is 4.34. The van der Waals surface area contributed by atoms with E-state index in [1.54, 1.807) is 0 Å². The van der Waals surface area contributed by atoms with E-state index >= 15 is 0 Å². The quantitative estimate of drug-likeness (QED) is 0.506. The maximum absolute atomic E-state index is 2.37. The average molecular weight is 300 g/mol. The van der Waals surface area contributed by atoms with Crippen molar-refractivity contribution < 1.29 is 0 Å². The topological polar surface area (TPSA) is 0 Å². The third kappa shape index (κ3) is 2.94. The largest absolute Gasteiger partial charge is 0.0622 e. The molecule has 0 aromatic heterocycles. The van der Waals surface area contributed by atoms with Gasteiger partial charge < -0.3 is 0 Å². The van der Waals surface area contributed by atoms with Crippen molar-refractivity contribution in [2.24, 2.45) is 0 Å². The van der Waals surface area contributed by atoms with Crippen molar-refractivity contribution >= 4 is 0 Å². The van der Waals surface area contributed by atoms with Crippen LogP contribution in [0.5, 0.6) is 0 Å². The Balaban J connectivity index is 2.23. The van der Waals surface area contributed by atoms with Crippen LogP contribution in [0.2, 0.25) is 0 Å². The van der Waals surface area contributed by atoms with Gasteiger partial charge in [-0.3, -0.25) is 0 Å². The van der Waals surface area contributed by atoms with Crippen LogP contribution in [-0.4, -0.2) is 0 Å². The fraction of sp³-hybridized carbons (Fsp3) is 0.217. The van der Waals surface area contributed by atoms with Gasteiger partial charge in [0.15, 0.2) is 0 Å². The second-order valence-electron chi connectivity index (χ2n) is 6.64. The molecule has 0 heteroatoms. The van der Waals surface area contributed by atoms with Gasteiger partial charge in [-0.2, -0.15) is 0 Å². The lowest BCUT2D eigenvalue weighted by molar-refractivity contribution is 0.689. The molecule has 0 amide bonds. The van der Waals surface area contributed by atoms with Crippen LogP contribution in [0.3, 0.4) is 0 Å². The van der Waals surface area contributed by atoms with Gasteiger partial charge in [-0.05, 0) is 35.1 Å². The first kappa shape index (κ1) is 15.6. The van der Waals surface area contributed by atoms with E-state index in [4.69, 9.17) is 0 Å². The third-order valence-corrected chi connectivity index (χ3v) is 4.83. The Morgan fingerprint density at radius 2 is 1.09 bits per heavy atom. The minimum atomic E-state index is -0.145. The zero-order valence-corrected chi connectivity index (χ0v) is 14.2. The Hall–Kier alpha value is -2.34. The van der Waals surface area contributed by atoms with Crippen LogP contribution in [0.25, 0.3) is 0 Å². The third-order valence-electron chi connectivity index (χ3n) is 4.83. The predicted molar refractivity (Wildman–Crippen MR) is 99.0 cm³/mol. The van der Waals surface area contributed by atoms with Crippen molar-refractivity contribution in [3.05, 3.63) is 107 Å². The molecule has 0 aliphatic rings. The van der Waals surface area contributed by atoms with Crippen LogP contribution in [0.1, 0.15) is 48.9 Å². The van der Waals surface area contributed by atoms with Crippen molar-refractivity contribution in [3.63, 3.8) is 0 Å². The highest BCUT2D eigenvalue weighted by molar-refractivity contribution is 5.50. The Morgan fingerprint density at radius 1 is 0.609 bits per heavy atom. The monoisotopic (exact) mass is 300 g/mol. The molecule has 0 spiro atoms. The molecule has 0 unspecified atom stereocenters. The summed E-state index contributed by atoms with van der Waals surface area (Å²) in [7, 11) is 0. The van der Waals surface area contributed by atoms with Crippen LogP contribution in [0.15, 0.2) is 84.9 Å². The standard InChI is InChI=1S/C23H24/c1-18(2)19-11-10-16-22(17-19)23(3,20-12-6-4-7-13-20)21-14-8-5-9-15-21/h4-18H,1-3H3. The Bertz CT molecular complexity index is 715. The lowest BCUT2D eigenvalue weighted by atomic mass is 9.70. The first-order valence-corrected chi connectivity index (χ1v) is 8.34. The van der Waals surface area contributed by atoms with E-state index in [2.05, 4.69) is 106 Å². The number of rotatable bonds is 4. The minimum absolute atomic E-state index is 0.145. The molecular formula is C23H24. The van der Waals surface area contributed by atoms with Crippen molar-refractivity contribution in [2.75, 3.05) is 0 Å². The van der Waals surface area contributed by atoms with Crippen LogP contribution in [0.4, 0.5) is 0 Å². The molecule has 0 saturated carbocycles. The summed E-state index contributed by atoms with van der Waals surface area (Å²) >= 11 is 0. The molecule has 3 aromatic carbocycles. The van der Waals surface area contributed by atoms with E-state index in [0.717, 1.165) is 0 Å². The maximum Gasteiger partial charge on any atom is 0.0423 e. The van der Waals surface area contributed by atoms with Gasteiger partial charge in [0, 0.05) is 5.41 Å². The number of benzene rings is 3. The van der Waals surface area contributed by atoms with E-state index < -0.39 is 0 Å². The highest BCUT2D eigenvalue weighted by atomic mass is 14.3. The molecule has 0 saturated heterocycles. The molecule has 0 atom stereocenters. The molecule has 0 aliphatic heterocycles. The predicted octanol–water partition coefficient (Wildman–Crippen LogP) is 6.16. The summed E-state index contributed by atoms with van der Waals surface area (Å²) in [5.41, 5.74) is 5.24. The summed E-state index contributed by atoms with van der Waals surface area (Å²) in [4.78, 5) is 0. The first-order valence-electron chi connectivity index (χ1n) is 8.34. The van der Waals surface area contributed by atoms with Gasteiger partial charge in [0.25, 0.3) is 0 Å². The van der Waals surface area contributed by atoms with Crippen LogP contribution in [-0.2, 0) is 5.41 Å². The van der Waals surface area contributed by atoms with Gasteiger partial charge in [-0.1, -0.05) is 98.8 Å². The molecule has 0 N–H and O–H groups in total. The van der Waals surface area contributed by atoms with Crippen LogP contribution in [0, 0.1) is 0 Å². The van der Waals surface area contributed by atoms with Gasteiger partial charge in [0.2, 0.25) is 0 Å². The average Bonchev–Trinajstić information content (AvgIpc) is 2.62. The normalized spacial score (nSPS) is 11.7. The summed E-state index contributed by atoms with van der Waals surface area (Å²) in [5.74, 6) is 0.533. The van der Waals surface area contributed by atoms with Gasteiger partial charge in [-0.25, -0.2) is 0 Å². The molecule has 0 heterocycles. The molecule has 0 bridgehead atoms. The summed E-state index contributed by atoms with van der Waals surface area (Å²) in [6, 6.07) is 30.6. The maximum atomic E-state index is 2.37. The second kappa shape index (κ2) is 6.42. The van der Waals surface area contributed by atoms with E-state index in [9.17, 15) is 0 Å². The van der Waals surface area contributed by atoms with Crippen LogP contribution < -0.4 is 0 Å². The highest BCUT2D eigenvalue weighted by Gasteiger charge is 2.31. The molecule has 0 nitrogen and oxygen atoms in total. The molecule has 3 rings (SSSR count). The van der Waals surface area contributed by atoms with Crippen molar-refractivity contribution in [1.82, 2.24) is 0 Å². The Morgan fingerprint density at radius 3 is 1.57 bits per heavy atom. The van der Waals surface area contributed by atoms with Crippen molar-refractivity contribution in [3.8, 4) is 0 Å². The van der Waals surface area contributed by atoms with Crippen molar-refractivity contribution in [2.45, 2.75) is 32.1 Å². The van der Waals surface area contributed by atoms with Gasteiger partial charge >= 0.3 is 0 Å². The summed E-state index contributed by atoms with van der Waals surface area (Å²) in [5, 5.41) is 0.